The van der Waals surface area contributed by atoms with Gasteiger partial charge < -0.3 is 5.73 Å². The molecule has 0 atom stereocenters. The molecule has 3 heteroatoms. The Balaban J connectivity index is 2.21. The van der Waals surface area contributed by atoms with Crippen molar-refractivity contribution in [3.8, 4) is 5.69 Å². The number of aromatic nitrogens is 2. The van der Waals surface area contributed by atoms with Crippen LogP contribution in [-0.4, -0.2) is 16.1 Å². The monoisotopic (exact) mass is 251 g/mol. The molecule has 1 aromatic heterocycles. The molecule has 0 unspecified atom stereocenters. The molecule has 0 aliphatic rings. The number of nitrogens with zero attached hydrogens (tertiary/aromatic N) is 2. The van der Waals surface area contributed by atoms with E-state index in [1.807, 2.05) is 24.5 Å². The first-order valence-corrected chi connectivity index (χ1v) is 6.51. The molecule has 0 saturated carbocycles. The molecular formula is C16H17N3. The Labute approximate surface area is 112 Å². The highest BCUT2D eigenvalue weighted by atomic mass is 15.0. The van der Waals surface area contributed by atoms with Gasteiger partial charge in [-0.05, 0) is 43.7 Å². The van der Waals surface area contributed by atoms with Crippen molar-refractivity contribution in [2.75, 3.05) is 6.54 Å². The Morgan fingerprint density at radius 3 is 2.84 bits per heavy atom. The molecule has 0 amide bonds. The first-order valence-electron chi connectivity index (χ1n) is 6.51. The van der Waals surface area contributed by atoms with Crippen molar-refractivity contribution in [2.45, 2.75) is 13.3 Å². The van der Waals surface area contributed by atoms with Crippen LogP contribution in [-0.2, 0) is 6.42 Å². The molecule has 0 saturated heterocycles. The van der Waals surface area contributed by atoms with Crippen LogP contribution in [0.5, 0.6) is 0 Å². The van der Waals surface area contributed by atoms with E-state index in [1.54, 1.807) is 0 Å². The Morgan fingerprint density at radius 2 is 2.00 bits per heavy atom. The molecule has 0 spiro atoms. The van der Waals surface area contributed by atoms with E-state index in [9.17, 15) is 0 Å². The van der Waals surface area contributed by atoms with Crippen molar-refractivity contribution in [1.82, 2.24) is 9.55 Å². The van der Waals surface area contributed by atoms with E-state index < -0.39 is 0 Å². The minimum Gasteiger partial charge on any atom is -0.330 e. The van der Waals surface area contributed by atoms with Gasteiger partial charge >= 0.3 is 0 Å². The predicted octanol–water partition coefficient (Wildman–Crippen LogP) is 2.84. The third-order valence-electron chi connectivity index (χ3n) is 3.36. The smallest absolute Gasteiger partial charge is 0.100 e. The van der Waals surface area contributed by atoms with E-state index in [4.69, 9.17) is 5.73 Å². The average Bonchev–Trinajstić information content (AvgIpc) is 2.83. The molecule has 2 aromatic carbocycles. The van der Waals surface area contributed by atoms with Gasteiger partial charge in [-0.3, -0.25) is 4.57 Å². The fourth-order valence-corrected chi connectivity index (χ4v) is 2.46. The van der Waals surface area contributed by atoms with Crippen molar-refractivity contribution in [1.29, 1.82) is 0 Å². The molecular weight excluding hydrogens is 234 g/mol. The molecule has 19 heavy (non-hydrogen) atoms. The van der Waals surface area contributed by atoms with Crippen LogP contribution in [0.15, 0.2) is 48.8 Å². The highest BCUT2D eigenvalue weighted by Crippen LogP contribution is 2.22. The Hall–Kier alpha value is -2.13. The molecule has 96 valence electrons. The van der Waals surface area contributed by atoms with Crippen molar-refractivity contribution in [3.63, 3.8) is 0 Å². The Bertz CT molecular complexity index is 713. The minimum absolute atomic E-state index is 0.656. The van der Waals surface area contributed by atoms with E-state index in [2.05, 4.69) is 40.7 Å². The highest BCUT2D eigenvalue weighted by molar-refractivity contribution is 5.77. The molecule has 0 aliphatic carbocycles. The molecule has 3 rings (SSSR count). The molecule has 0 fully saturated rings. The van der Waals surface area contributed by atoms with Crippen LogP contribution in [0.4, 0.5) is 0 Å². The minimum atomic E-state index is 0.656. The number of rotatable bonds is 3. The largest absolute Gasteiger partial charge is 0.330 e. The lowest BCUT2D eigenvalue weighted by Gasteiger charge is -2.11. The van der Waals surface area contributed by atoms with Crippen molar-refractivity contribution in [3.05, 3.63) is 59.9 Å². The summed E-state index contributed by atoms with van der Waals surface area (Å²) in [6, 6.07) is 14.7. The summed E-state index contributed by atoms with van der Waals surface area (Å²) in [5.74, 6) is 0. The zero-order chi connectivity index (χ0) is 13.2. The maximum atomic E-state index is 5.72. The summed E-state index contributed by atoms with van der Waals surface area (Å²) in [7, 11) is 0. The van der Waals surface area contributed by atoms with Gasteiger partial charge in [-0.2, -0.15) is 0 Å². The van der Waals surface area contributed by atoms with Crippen LogP contribution in [0.1, 0.15) is 11.1 Å². The third kappa shape index (κ3) is 2.13. The molecule has 3 aromatic rings. The van der Waals surface area contributed by atoms with E-state index >= 15 is 0 Å². The number of benzene rings is 2. The first kappa shape index (κ1) is 11.9. The summed E-state index contributed by atoms with van der Waals surface area (Å²) in [4.78, 5) is 4.45. The SMILES string of the molecule is Cc1ccc(-n2cnc3ccccc32)c(CCN)c1. The fourth-order valence-electron chi connectivity index (χ4n) is 2.46. The zero-order valence-corrected chi connectivity index (χ0v) is 11.0. The second-order valence-corrected chi connectivity index (χ2v) is 4.77. The third-order valence-corrected chi connectivity index (χ3v) is 3.36. The standard InChI is InChI=1S/C16H17N3/c1-12-6-7-15(13(10-12)8-9-17)19-11-18-14-4-2-3-5-16(14)19/h2-7,10-11H,8-9,17H2,1H3. The van der Waals surface area contributed by atoms with Gasteiger partial charge in [-0.15, -0.1) is 0 Å². The van der Waals surface area contributed by atoms with Gasteiger partial charge in [0.2, 0.25) is 0 Å². The molecule has 0 aliphatic heterocycles. The lowest BCUT2D eigenvalue weighted by molar-refractivity contribution is 0.939. The first-order chi connectivity index (χ1) is 9.29. The van der Waals surface area contributed by atoms with E-state index in [-0.39, 0.29) is 0 Å². The number of imidazole rings is 1. The molecule has 1 heterocycles. The second-order valence-electron chi connectivity index (χ2n) is 4.77. The van der Waals surface area contributed by atoms with E-state index in [0.717, 1.165) is 17.5 Å². The second kappa shape index (κ2) is 4.86. The van der Waals surface area contributed by atoms with Gasteiger partial charge in [-0.25, -0.2) is 4.98 Å². The maximum Gasteiger partial charge on any atom is 0.100 e. The van der Waals surface area contributed by atoms with Crippen molar-refractivity contribution < 1.29 is 0 Å². The number of hydrogen-bond acceptors (Lipinski definition) is 2. The van der Waals surface area contributed by atoms with Crippen molar-refractivity contribution >= 4 is 11.0 Å². The predicted molar refractivity (Wildman–Crippen MR) is 78.6 cm³/mol. The van der Waals surface area contributed by atoms with Crippen LogP contribution in [0.3, 0.4) is 0 Å². The van der Waals surface area contributed by atoms with E-state index in [1.165, 1.54) is 16.8 Å². The normalized spacial score (nSPS) is 11.1. The zero-order valence-electron chi connectivity index (χ0n) is 11.0. The number of para-hydroxylation sites is 2. The van der Waals surface area contributed by atoms with Crippen LogP contribution < -0.4 is 5.73 Å². The summed E-state index contributed by atoms with van der Waals surface area (Å²) in [5.41, 5.74) is 11.6. The fraction of sp³-hybridized carbons (Fsp3) is 0.188. The number of fused-ring (bicyclic) bond motifs is 1. The topological polar surface area (TPSA) is 43.8 Å². The van der Waals surface area contributed by atoms with Crippen molar-refractivity contribution in [2.24, 2.45) is 5.73 Å². The van der Waals surface area contributed by atoms with Gasteiger partial charge in [0.25, 0.3) is 0 Å². The molecule has 3 nitrogen and oxygen atoms in total. The Morgan fingerprint density at radius 1 is 1.16 bits per heavy atom. The summed E-state index contributed by atoms with van der Waals surface area (Å²) in [6.45, 7) is 2.76. The molecule has 0 bridgehead atoms. The Kier molecular flexibility index (Phi) is 3.05. The van der Waals surface area contributed by atoms with Gasteiger partial charge in [0, 0.05) is 0 Å². The maximum absolute atomic E-state index is 5.72. The molecule has 2 N–H and O–H groups in total. The van der Waals surface area contributed by atoms with Crippen LogP contribution in [0, 0.1) is 6.92 Å². The average molecular weight is 251 g/mol. The van der Waals surface area contributed by atoms with Crippen LogP contribution in [0.2, 0.25) is 0 Å². The van der Waals surface area contributed by atoms with Gasteiger partial charge in [-0.1, -0.05) is 29.8 Å². The van der Waals surface area contributed by atoms with Crippen LogP contribution in [0.25, 0.3) is 16.7 Å². The highest BCUT2D eigenvalue weighted by Gasteiger charge is 2.08. The lowest BCUT2D eigenvalue weighted by Crippen LogP contribution is -2.07. The van der Waals surface area contributed by atoms with Crippen LogP contribution >= 0.6 is 0 Å². The van der Waals surface area contributed by atoms with Gasteiger partial charge in [0.1, 0.15) is 6.33 Å². The molecule has 0 radical (unpaired) electrons. The summed E-state index contributed by atoms with van der Waals surface area (Å²) >= 11 is 0. The number of hydrogen-bond donors (Lipinski definition) is 1. The number of nitrogens with two attached hydrogens (primary N) is 1. The summed E-state index contributed by atoms with van der Waals surface area (Å²) in [6.07, 6.45) is 2.76. The summed E-state index contributed by atoms with van der Waals surface area (Å²) < 4.78 is 2.14. The van der Waals surface area contributed by atoms with Gasteiger partial charge in [0.15, 0.2) is 0 Å². The quantitative estimate of drug-likeness (QED) is 0.778. The lowest BCUT2D eigenvalue weighted by atomic mass is 10.1. The summed E-state index contributed by atoms with van der Waals surface area (Å²) in [5, 5.41) is 0. The van der Waals surface area contributed by atoms with Gasteiger partial charge in [0.05, 0.1) is 16.7 Å². The number of aryl methyl sites for hydroxylation is 1. The van der Waals surface area contributed by atoms with E-state index in [0.29, 0.717) is 6.54 Å².